The molecule has 4 aromatic rings. The molecule has 0 radical (unpaired) electrons. The number of hydrogen-bond donors (Lipinski definition) is 0. The van der Waals surface area contributed by atoms with Crippen molar-refractivity contribution in [3.8, 4) is 17.2 Å². The Morgan fingerprint density at radius 1 is 0.868 bits per heavy atom. The number of anilines is 1. The summed E-state index contributed by atoms with van der Waals surface area (Å²) in [6.07, 6.45) is 7.55. The number of carbonyl (C=O) groups is 1. The summed E-state index contributed by atoms with van der Waals surface area (Å²) in [5, 5.41) is 0.355. The highest BCUT2D eigenvalue weighted by Gasteiger charge is 2.26. The van der Waals surface area contributed by atoms with Crippen LogP contribution in [0, 0.1) is 11.6 Å². The van der Waals surface area contributed by atoms with Gasteiger partial charge in [-0.25, -0.2) is 8.78 Å². The van der Waals surface area contributed by atoms with Gasteiger partial charge in [0.25, 0.3) is 5.91 Å². The van der Waals surface area contributed by atoms with E-state index >= 15 is 0 Å². The lowest BCUT2D eigenvalue weighted by Crippen LogP contribution is -3.00. The number of nitrogens with zero attached hydrogens (tertiary/aromatic N) is 4. The van der Waals surface area contributed by atoms with E-state index in [-0.39, 0.29) is 34.8 Å². The number of likely N-dealkylation sites (N-methyl/N-ethyl adjacent to an activating group) is 2. The lowest BCUT2D eigenvalue weighted by Gasteiger charge is -2.41. The number of ether oxygens (including phenoxy) is 2. The predicted molar refractivity (Wildman–Crippen MR) is 208 cm³/mol. The second kappa shape index (κ2) is 19.8. The van der Waals surface area contributed by atoms with E-state index in [9.17, 15) is 18.4 Å². The van der Waals surface area contributed by atoms with Crippen molar-refractivity contribution >= 4 is 34.3 Å². The average Bonchev–Trinajstić information content (AvgIpc) is 3.11. The minimum Gasteiger partial charge on any atom is -1.00 e. The largest absolute Gasteiger partial charge is 1.00 e. The molecule has 0 saturated carbocycles. The van der Waals surface area contributed by atoms with Crippen LogP contribution in [-0.2, 0) is 0 Å². The fraction of sp³-hybridized carbons (Fsp3) is 0.463. The number of pyridine rings is 1. The van der Waals surface area contributed by atoms with Gasteiger partial charge in [-0.15, -0.1) is 11.8 Å². The minimum atomic E-state index is -0.810. The summed E-state index contributed by atoms with van der Waals surface area (Å²) in [6, 6.07) is 14.1. The number of fused-ring (bicyclic) bond motifs is 1. The molecule has 0 unspecified atom stereocenters. The summed E-state index contributed by atoms with van der Waals surface area (Å²) in [5.74, 6) is -0.157. The van der Waals surface area contributed by atoms with Gasteiger partial charge >= 0.3 is 0 Å². The fourth-order valence-electron chi connectivity index (χ4n) is 6.83. The smallest absolute Gasteiger partial charge is 0.263 e. The van der Waals surface area contributed by atoms with Crippen LogP contribution >= 0.6 is 11.8 Å². The van der Waals surface area contributed by atoms with Crippen LogP contribution in [-0.4, -0.2) is 92.2 Å². The Morgan fingerprint density at radius 2 is 1.49 bits per heavy atom. The lowest BCUT2D eigenvalue weighted by molar-refractivity contribution is -0.913. The van der Waals surface area contributed by atoms with E-state index in [4.69, 9.17) is 9.47 Å². The molecule has 0 N–H and O–H groups in total. The number of piperazine rings is 1. The molecule has 0 bridgehead atoms. The third-order valence-electron chi connectivity index (χ3n) is 9.85. The number of rotatable bonds is 17. The molecule has 53 heavy (non-hydrogen) atoms. The van der Waals surface area contributed by atoms with Gasteiger partial charge in [-0.2, -0.15) is 0 Å². The molecule has 1 aliphatic rings. The fourth-order valence-corrected chi connectivity index (χ4v) is 7.77. The standard InChI is InChI=1S/C41H53F2N4O4S.BrH/c1-6-45(32-23-30(42)22-31(43)24-32)41(49)38-29-46(33-25-34(50-7-2)27-35(26-33)51-8-3)39-28-36(14-15-37(39)40(38)48)52-21-13-11-9-10-12-18-47(5)19-16-44(4)17-20-47;/h14-15,22-29H,6-13,16-21H2,1-5H3;1H/q+1;/p-1. The summed E-state index contributed by atoms with van der Waals surface area (Å²) in [4.78, 5) is 32.7. The van der Waals surface area contributed by atoms with E-state index in [2.05, 4.69) is 19.0 Å². The van der Waals surface area contributed by atoms with E-state index in [0.717, 1.165) is 35.3 Å². The highest BCUT2D eigenvalue weighted by molar-refractivity contribution is 7.99. The Labute approximate surface area is 327 Å². The number of hydrogen-bond acceptors (Lipinski definition) is 6. The van der Waals surface area contributed by atoms with E-state index in [1.54, 1.807) is 30.8 Å². The van der Waals surface area contributed by atoms with Crippen molar-refractivity contribution in [2.75, 3.05) is 77.2 Å². The monoisotopic (exact) mass is 814 g/mol. The maximum absolute atomic E-state index is 14.2. The number of benzene rings is 3. The second-order valence-electron chi connectivity index (χ2n) is 13.8. The first-order valence-corrected chi connectivity index (χ1v) is 19.6. The molecule has 1 saturated heterocycles. The Bertz CT molecular complexity index is 1860. The molecule has 0 atom stereocenters. The summed E-state index contributed by atoms with van der Waals surface area (Å²) in [7, 11) is 4.61. The Kier molecular flexibility index (Phi) is 15.8. The summed E-state index contributed by atoms with van der Waals surface area (Å²) < 4.78 is 43.1. The molecule has 1 fully saturated rings. The highest BCUT2D eigenvalue weighted by Crippen LogP contribution is 2.31. The Balaban J connectivity index is 0.00000627. The average molecular weight is 816 g/mol. The molecule has 5 rings (SSSR count). The van der Waals surface area contributed by atoms with E-state index in [1.165, 1.54) is 74.0 Å². The maximum Gasteiger partial charge on any atom is 0.263 e. The molecule has 2 heterocycles. The SMILES string of the molecule is CCOc1cc(OCC)cc(-n2cc(C(=O)N(CC)c3cc(F)cc(F)c3)c(=O)c3ccc(SCCCCCCC[N+]4(C)CCN(C)CC4)cc32)c1.[Br-]. The van der Waals surface area contributed by atoms with Crippen molar-refractivity contribution < 1.29 is 44.5 Å². The number of amides is 1. The molecule has 0 spiro atoms. The van der Waals surface area contributed by atoms with Gasteiger partial charge < -0.3 is 40.4 Å². The molecule has 1 aliphatic heterocycles. The van der Waals surface area contributed by atoms with Gasteiger partial charge in [0.05, 0.1) is 51.1 Å². The molecular weight excluding hydrogens is 762 g/mol. The zero-order valence-electron chi connectivity index (χ0n) is 31.6. The first-order chi connectivity index (χ1) is 25.0. The number of unbranched alkanes of at least 4 members (excludes halogenated alkanes) is 4. The zero-order valence-corrected chi connectivity index (χ0v) is 34.0. The second-order valence-corrected chi connectivity index (χ2v) is 15.0. The summed E-state index contributed by atoms with van der Waals surface area (Å²) in [6.45, 7) is 12.6. The normalized spacial score (nSPS) is 14.2. The summed E-state index contributed by atoms with van der Waals surface area (Å²) >= 11 is 1.75. The van der Waals surface area contributed by atoms with Crippen LogP contribution in [0.3, 0.4) is 0 Å². The number of carbonyl (C=O) groups excluding carboxylic acids is 1. The van der Waals surface area contributed by atoms with Crippen LogP contribution in [0.5, 0.6) is 11.5 Å². The third kappa shape index (κ3) is 11.1. The van der Waals surface area contributed by atoms with Gasteiger partial charge in [0.2, 0.25) is 5.43 Å². The van der Waals surface area contributed by atoms with Crippen molar-refractivity contribution in [1.29, 1.82) is 0 Å². The van der Waals surface area contributed by atoms with Crippen LogP contribution in [0.2, 0.25) is 0 Å². The third-order valence-corrected chi connectivity index (χ3v) is 10.9. The van der Waals surface area contributed by atoms with Crippen LogP contribution < -0.4 is 36.8 Å². The van der Waals surface area contributed by atoms with Gasteiger partial charge in [-0.05, 0) is 83.2 Å². The van der Waals surface area contributed by atoms with Crippen LogP contribution in [0.1, 0.15) is 63.2 Å². The van der Waals surface area contributed by atoms with Crippen molar-refractivity contribution in [2.24, 2.45) is 0 Å². The zero-order chi connectivity index (χ0) is 37.3. The van der Waals surface area contributed by atoms with Gasteiger partial charge in [-0.3, -0.25) is 14.5 Å². The predicted octanol–water partition coefficient (Wildman–Crippen LogP) is 5.17. The van der Waals surface area contributed by atoms with Gasteiger partial charge in [0.1, 0.15) is 28.7 Å². The van der Waals surface area contributed by atoms with E-state index in [1.807, 2.05) is 42.7 Å². The molecular formula is C41H53BrF2N4O4S. The highest BCUT2D eigenvalue weighted by atomic mass is 79.9. The Morgan fingerprint density at radius 3 is 2.11 bits per heavy atom. The molecule has 1 aromatic heterocycles. The van der Waals surface area contributed by atoms with Gasteiger partial charge in [0.15, 0.2) is 0 Å². The van der Waals surface area contributed by atoms with Gasteiger partial charge in [0, 0.05) is 66.1 Å². The molecule has 12 heteroatoms. The number of halogens is 3. The first kappa shape index (κ1) is 42.3. The molecule has 8 nitrogen and oxygen atoms in total. The van der Waals surface area contributed by atoms with Crippen LogP contribution in [0.15, 0.2) is 70.5 Å². The molecule has 0 aliphatic carbocycles. The van der Waals surface area contributed by atoms with Crippen molar-refractivity contribution in [3.05, 3.63) is 88.2 Å². The number of quaternary nitrogens is 1. The molecule has 3 aromatic carbocycles. The van der Waals surface area contributed by atoms with Crippen LogP contribution in [0.4, 0.5) is 14.5 Å². The minimum absolute atomic E-state index is 0. The molecule has 288 valence electrons. The summed E-state index contributed by atoms with van der Waals surface area (Å²) in [5.41, 5.74) is 0.723. The van der Waals surface area contributed by atoms with Crippen molar-refractivity contribution in [3.63, 3.8) is 0 Å². The topological polar surface area (TPSA) is 64.0 Å². The molecule has 1 amide bonds. The Hall–Kier alpha value is -3.45. The van der Waals surface area contributed by atoms with E-state index < -0.39 is 23.0 Å². The quantitative estimate of drug-likeness (QED) is 0.0834. The van der Waals surface area contributed by atoms with Crippen molar-refractivity contribution in [1.82, 2.24) is 9.47 Å². The van der Waals surface area contributed by atoms with E-state index in [0.29, 0.717) is 41.3 Å². The maximum atomic E-state index is 14.2. The first-order valence-electron chi connectivity index (χ1n) is 18.6. The van der Waals surface area contributed by atoms with Crippen molar-refractivity contribution in [2.45, 2.75) is 57.8 Å². The van der Waals surface area contributed by atoms with Crippen LogP contribution in [0.25, 0.3) is 16.6 Å². The lowest BCUT2D eigenvalue weighted by atomic mass is 10.1. The number of thioether (sulfide) groups is 1. The van der Waals surface area contributed by atoms with Gasteiger partial charge in [-0.1, -0.05) is 12.8 Å². The number of aromatic nitrogens is 1.